The van der Waals surface area contributed by atoms with Crippen molar-refractivity contribution >= 4 is 11.9 Å². The molecule has 0 saturated carbocycles. The monoisotopic (exact) mass is 449 g/mol. The van der Waals surface area contributed by atoms with E-state index in [0.29, 0.717) is 5.91 Å². The molecule has 0 radical (unpaired) electrons. The Labute approximate surface area is 196 Å². The predicted octanol–water partition coefficient (Wildman–Crippen LogP) is 2.92. The standard InChI is InChI=1S/C26H35N5O2/c1-33-24-8-4-3-7-21(24)19-29-13-15-30(16-14-29)25(32)20-9-10-23-22(17-20)18-27-26(28-23)31-11-5-2-6-12-31/h3-4,7-8,18,20H,2,5-6,9-17,19H2,1H3/t20-/m1/s1. The normalized spacial score (nSPS) is 21.5. The van der Waals surface area contributed by atoms with Gasteiger partial charge in [-0.2, -0.15) is 0 Å². The molecule has 2 saturated heterocycles. The Morgan fingerprint density at radius 2 is 1.85 bits per heavy atom. The van der Waals surface area contributed by atoms with Crippen LogP contribution in [0, 0.1) is 5.92 Å². The predicted molar refractivity (Wildman–Crippen MR) is 128 cm³/mol. The minimum atomic E-state index is 0.0581. The zero-order valence-corrected chi connectivity index (χ0v) is 19.7. The third kappa shape index (κ3) is 4.98. The van der Waals surface area contributed by atoms with Crippen molar-refractivity contribution in [2.75, 3.05) is 51.3 Å². The number of rotatable bonds is 5. The number of carbonyl (C=O) groups is 1. The second-order valence-electron chi connectivity index (χ2n) is 9.54. The molecule has 1 amide bonds. The summed E-state index contributed by atoms with van der Waals surface area (Å²) in [5, 5.41) is 0. The average Bonchev–Trinajstić information content (AvgIpc) is 2.89. The fourth-order valence-corrected chi connectivity index (χ4v) is 5.41. The highest BCUT2D eigenvalue weighted by Gasteiger charge is 2.31. The van der Waals surface area contributed by atoms with E-state index in [2.05, 4.69) is 31.8 Å². The van der Waals surface area contributed by atoms with Crippen molar-refractivity contribution in [3.8, 4) is 5.75 Å². The van der Waals surface area contributed by atoms with E-state index in [1.54, 1.807) is 7.11 Å². The summed E-state index contributed by atoms with van der Waals surface area (Å²) in [5.41, 5.74) is 3.51. The third-order valence-electron chi connectivity index (χ3n) is 7.40. The number of carbonyl (C=O) groups excluding carboxylic acids is 1. The molecule has 0 bridgehead atoms. The van der Waals surface area contributed by atoms with Crippen molar-refractivity contribution in [2.24, 2.45) is 5.92 Å². The van der Waals surface area contributed by atoms with E-state index in [0.717, 1.165) is 88.0 Å². The van der Waals surface area contributed by atoms with Gasteiger partial charge in [0, 0.05) is 69.2 Å². The number of hydrogen-bond donors (Lipinski definition) is 0. The van der Waals surface area contributed by atoms with Crippen LogP contribution in [-0.4, -0.2) is 72.1 Å². The Morgan fingerprint density at radius 1 is 1.06 bits per heavy atom. The molecule has 1 aliphatic carbocycles. The molecule has 1 aromatic heterocycles. The molecule has 0 N–H and O–H groups in total. The lowest BCUT2D eigenvalue weighted by Gasteiger charge is -2.37. The maximum atomic E-state index is 13.3. The number of hydrogen-bond acceptors (Lipinski definition) is 6. The number of fused-ring (bicyclic) bond motifs is 1. The van der Waals surface area contributed by atoms with E-state index in [9.17, 15) is 4.79 Å². The minimum absolute atomic E-state index is 0.0581. The molecule has 5 rings (SSSR count). The van der Waals surface area contributed by atoms with Gasteiger partial charge in [-0.3, -0.25) is 9.69 Å². The maximum absolute atomic E-state index is 13.3. The Hall–Kier alpha value is -2.67. The molecule has 2 fully saturated rings. The van der Waals surface area contributed by atoms with Crippen LogP contribution in [0.5, 0.6) is 5.75 Å². The van der Waals surface area contributed by atoms with E-state index in [-0.39, 0.29) is 5.92 Å². The molecular formula is C26H35N5O2. The lowest BCUT2D eigenvalue weighted by atomic mass is 9.86. The highest BCUT2D eigenvalue weighted by molar-refractivity contribution is 5.79. The van der Waals surface area contributed by atoms with Gasteiger partial charge in [0.25, 0.3) is 0 Å². The first-order valence-corrected chi connectivity index (χ1v) is 12.4. The van der Waals surface area contributed by atoms with Crippen molar-refractivity contribution in [1.82, 2.24) is 19.8 Å². The molecule has 3 aliphatic rings. The van der Waals surface area contributed by atoms with Gasteiger partial charge in [0.15, 0.2) is 0 Å². The van der Waals surface area contributed by atoms with E-state index in [1.807, 2.05) is 18.3 Å². The number of aryl methyl sites for hydroxylation is 1. The molecule has 1 atom stereocenters. The summed E-state index contributed by atoms with van der Waals surface area (Å²) in [6, 6.07) is 8.18. The van der Waals surface area contributed by atoms with Crippen LogP contribution in [0.2, 0.25) is 0 Å². The minimum Gasteiger partial charge on any atom is -0.496 e. The van der Waals surface area contributed by atoms with Crippen molar-refractivity contribution in [3.63, 3.8) is 0 Å². The number of piperidine rings is 1. The van der Waals surface area contributed by atoms with Gasteiger partial charge < -0.3 is 14.5 Å². The molecular weight excluding hydrogens is 414 g/mol. The van der Waals surface area contributed by atoms with Crippen molar-refractivity contribution in [3.05, 3.63) is 47.3 Å². The summed E-state index contributed by atoms with van der Waals surface area (Å²) in [7, 11) is 1.72. The summed E-state index contributed by atoms with van der Waals surface area (Å²) >= 11 is 0. The average molecular weight is 450 g/mol. The number of amides is 1. The molecule has 3 heterocycles. The SMILES string of the molecule is COc1ccccc1CN1CCN(C(=O)[C@@H]2CCc3nc(N4CCCCC4)ncc3C2)CC1. The Kier molecular flexibility index (Phi) is 6.76. The van der Waals surface area contributed by atoms with Crippen LogP contribution in [0.15, 0.2) is 30.5 Å². The van der Waals surface area contributed by atoms with Crippen LogP contribution >= 0.6 is 0 Å². The summed E-state index contributed by atoms with van der Waals surface area (Å²) in [5.74, 6) is 2.17. The number of ether oxygens (including phenoxy) is 1. The third-order valence-corrected chi connectivity index (χ3v) is 7.40. The van der Waals surface area contributed by atoms with E-state index >= 15 is 0 Å². The first kappa shape index (κ1) is 22.1. The quantitative estimate of drug-likeness (QED) is 0.700. The fourth-order valence-electron chi connectivity index (χ4n) is 5.41. The molecule has 0 spiro atoms. The number of anilines is 1. The van der Waals surface area contributed by atoms with Crippen molar-refractivity contribution in [2.45, 2.75) is 45.1 Å². The summed E-state index contributed by atoms with van der Waals surface area (Å²) < 4.78 is 5.49. The summed E-state index contributed by atoms with van der Waals surface area (Å²) in [4.78, 5) is 29.6. The van der Waals surface area contributed by atoms with Crippen LogP contribution in [-0.2, 0) is 24.2 Å². The van der Waals surface area contributed by atoms with Gasteiger partial charge in [-0.1, -0.05) is 18.2 Å². The van der Waals surface area contributed by atoms with Crippen LogP contribution in [0.3, 0.4) is 0 Å². The number of piperazine rings is 1. The zero-order chi connectivity index (χ0) is 22.6. The van der Waals surface area contributed by atoms with Gasteiger partial charge in [0.2, 0.25) is 11.9 Å². The number of methoxy groups -OCH3 is 1. The van der Waals surface area contributed by atoms with Crippen LogP contribution in [0.4, 0.5) is 5.95 Å². The Bertz CT molecular complexity index is 967. The molecule has 176 valence electrons. The second kappa shape index (κ2) is 10.1. The maximum Gasteiger partial charge on any atom is 0.226 e. The van der Waals surface area contributed by atoms with E-state index in [1.165, 1.54) is 24.8 Å². The van der Waals surface area contributed by atoms with Crippen molar-refractivity contribution in [1.29, 1.82) is 0 Å². The molecule has 1 aromatic carbocycles. The molecule has 7 heteroatoms. The van der Waals surface area contributed by atoms with Gasteiger partial charge in [-0.15, -0.1) is 0 Å². The lowest BCUT2D eigenvalue weighted by Crippen LogP contribution is -2.50. The molecule has 33 heavy (non-hydrogen) atoms. The topological polar surface area (TPSA) is 61.8 Å². The number of para-hydroxylation sites is 1. The molecule has 2 aromatic rings. The highest BCUT2D eigenvalue weighted by atomic mass is 16.5. The summed E-state index contributed by atoms with van der Waals surface area (Å²) in [6.07, 6.45) is 8.28. The smallest absolute Gasteiger partial charge is 0.226 e. The summed E-state index contributed by atoms with van der Waals surface area (Å²) in [6.45, 7) is 6.36. The van der Waals surface area contributed by atoms with Gasteiger partial charge in [-0.25, -0.2) is 9.97 Å². The van der Waals surface area contributed by atoms with Crippen LogP contribution in [0.1, 0.15) is 42.5 Å². The molecule has 7 nitrogen and oxygen atoms in total. The van der Waals surface area contributed by atoms with Crippen molar-refractivity contribution < 1.29 is 9.53 Å². The van der Waals surface area contributed by atoms with E-state index < -0.39 is 0 Å². The number of aromatic nitrogens is 2. The van der Waals surface area contributed by atoms with Gasteiger partial charge in [0.05, 0.1) is 7.11 Å². The second-order valence-corrected chi connectivity index (χ2v) is 9.54. The lowest BCUT2D eigenvalue weighted by molar-refractivity contribution is -0.137. The number of nitrogens with zero attached hydrogens (tertiary/aromatic N) is 5. The van der Waals surface area contributed by atoms with Crippen LogP contribution in [0.25, 0.3) is 0 Å². The first-order valence-electron chi connectivity index (χ1n) is 12.4. The number of benzene rings is 1. The first-order chi connectivity index (χ1) is 16.2. The van der Waals surface area contributed by atoms with E-state index in [4.69, 9.17) is 9.72 Å². The largest absolute Gasteiger partial charge is 0.496 e. The fraction of sp³-hybridized carbons (Fsp3) is 0.577. The molecule has 2 aliphatic heterocycles. The Balaban J connectivity index is 1.15. The van der Waals surface area contributed by atoms with Gasteiger partial charge >= 0.3 is 0 Å². The zero-order valence-electron chi connectivity index (χ0n) is 19.7. The van der Waals surface area contributed by atoms with Gasteiger partial charge in [0.1, 0.15) is 5.75 Å². The highest BCUT2D eigenvalue weighted by Crippen LogP contribution is 2.28. The Morgan fingerprint density at radius 3 is 2.64 bits per heavy atom. The molecule has 0 unspecified atom stereocenters. The van der Waals surface area contributed by atoms with Gasteiger partial charge in [-0.05, 0) is 50.2 Å². The van der Waals surface area contributed by atoms with Crippen LogP contribution < -0.4 is 9.64 Å².